The van der Waals surface area contributed by atoms with Crippen LogP contribution in [0.4, 0.5) is 10.5 Å². The van der Waals surface area contributed by atoms with E-state index >= 15 is 0 Å². The molecule has 7 nitrogen and oxygen atoms in total. The monoisotopic (exact) mass is 345 g/mol. The molecule has 1 aromatic carbocycles. The molecular weight excluding hydrogens is 322 g/mol. The molecule has 0 spiro atoms. The van der Waals surface area contributed by atoms with Crippen molar-refractivity contribution in [3.8, 4) is 11.5 Å². The van der Waals surface area contributed by atoms with Crippen LogP contribution in [0.15, 0.2) is 18.2 Å². The number of nitrogens with one attached hydrogen (secondary N) is 1. The van der Waals surface area contributed by atoms with Crippen LogP contribution in [0.3, 0.4) is 0 Å². The second-order valence-corrected chi connectivity index (χ2v) is 6.85. The molecule has 2 aliphatic heterocycles. The average molecular weight is 345 g/mol. The lowest BCUT2D eigenvalue weighted by Crippen LogP contribution is -2.36. The summed E-state index contributed by atoms with van der Waals surface area (Å²) >= 11 is 0. The van der Waals surface area contributed by atoms with Crippen LogP contribution in [0, 0.1) is 0 Å². The number of amides is 3. The van der Waals surface area contributed by atoms with Crippen molar-refractivity contribution < 1.29 is 19.1 Å². The van der Waals surface area contributed by atoms with E-state index in [1.807, 2.05) is 19.9 Å². The van der Waals surface area contributed by atoms with E-state index < -0.39 is 5.79 Å². The molecule has 7 heteroatoms. The van der Waals surface area contributed by atoms with Crippen molar-refractivity contribution in [2.75, 3.05) is 18.5 Å². The summed E-state index contributed by atoms with van der Waals surface area (Å²) in [5.41, 5.74) is 0.632. The van der Waals surface area contributed by atoms with Gasteiger partial charge in [-0.25, -0.2) is 4.79 Å². The van der Waals surface area contributed by atoms with Crippen molar-refractivity contribution in [1.82, 2.24) is 9.80 Å². The maximum absolute atomic E-state index is 12.5. The van der Waals surface area contributed by atoms with Crippen LogP contribution in [-0.4, -0.2) is 46.8 Å². The molecule has 0 atom stereocenters. The van der Waals surface area contributed by atoms with Gasteiger partial charge >= 0.3 is 6.03 Å². The van der Waals surface area contributed by atoms with Crippen molar-refractivity contribution in [3.63, 3.8) is 0 Å². The van der Waals surface area contributed by atoms with E-state index in [1.54, 1.807) is 17.0 Å². The number of benzene rings is 1. The Morgan fingerprint density at radius 3 is 2.64 bits per heavy atom. The molecule has 0 bridgehead atoms. The van der Waals surface area contributed by atoms with Gasteiger partial charge in [0.15, 0.2) is 11.5 Å². The maximum Gasteiger partial charge on any atom is 0.323 e. The van der Waals surface area contributed by atoms with Gasteiger partial charge in [-0.2, -0.15) is 0 Å². The highest BCUT2D eigenvalue weighted by molar-refractivity contribution is 5.94. The minimum absolute atomic E-state index is 0.0269. The molecular formula is C18H23N3O4. The summed E-state index contributed by atoms with van der Waals surface area (Å²) in [6.45, 7) is 4.55. The molecule has 1 aliphatic carbocycles. The standard InChI is InChI=1S/C18H23N3O4/c1-3-18(4-2)24-14-8-5-12(9-15(14)25-18)19-17(23)20-10-16(22)21(11-20)13-6-7-13/h5,8-9,13H,3-4,6-7,10-11H2,1-2H3,(H,19,23). The predicted molar refractivity (Wildman–Crippen MR) is 91.5 cm³/mol. The molecule has 1 N–H and O–H groups in total. The Kier molecular flexibility index (Phi) is 3.74. The molecule has 25 heavy (non-hydrogen) atoms. The number of ether oxygens (including phenoxy) is 2. The lowest BCUT2D eigenvalue weighted by atomic mass is 10.1. The van der Waals surface area contributed by atoms with Crippen LogP contribution < -0.4 is 14.8 Å². The topological polar surface area (TPSA) is 71.1 Å². The molecule has 1 saturated heterocycles. The highest BCUT2D eigenvalue weighted by atomic mass is 16.7. The average Bonchev–Trinajstić information content (AvgIpc) is 3.27. The molecule has 3 aliphatic rings. The Labute approximate surface area is 146 Å². The quantitative estimate of drug-likeness (QED) is 0.911. The molecule has 0 radical (unpaired) electrons. The van der Waals surface area contributed by atoms with Crippen LogP contribution >= 0.6 is 0 Å². The molecule has 3 amide bonds. The van der Waals surface area contributed by atoms with Crippen molar-refractivity contribution in [3.05, 3.63) is 18.2 Å². The normalized spacial score (nSPS) is 21.0. The van der Waals surface area contributed by atoms with Gasteiger partial charge in [0.1, 0.15) is 6.54 Å². The second kappa shape index (κ2) is 5.82. The van der Waals surface area contributed by atoms with E-state index in [1.165, 1.54) is 4.90 Å². The molecule has 4 rings (SSSR count). The number of nitrogens with zero attached hydrogens (tertiary/aromatic N) is 2. The van der Waals surface area contributed by atoms with Gasteiger partial charge < -0.3 is 19.7 Å². The number of carbonyl (C=O) groups excluding carboxylic acids is 2. The van der Waals surface area contributed by atoms with Crippen LogP contribution in [0.5, 0.6) is 11.5 Å². The maximum atomic E-state index is 12.5. The van der Waals surface area contributed by atoms with Gasteiger partial charge in [0.2, 0.25) is 5.91 Å². The molecule has 1 saturated carbocycles. The third-order valence-electron chi connectivity index (χ3n) is 5.11. The van der Waals surface area contributed by atoms with Gasteiger partial charge in [-0.15, -0.1) is 0 Å². The minimum Gasteiger partial charge on any atom is -0.448 e. The van der Waals surface area contributed by atoms with Crippen LogP contribution in [-0.2, 0) is 4.79 Å². The smallest absolute Gasteiger partial charge is 0.323 e. The van der Waals surface area contributed by atoms with Crippen LogP contribution in [0.2, 0.25) is 0 Å². The fourth-order valence-corrected chi connectivity index (χ4v) is 3.32. The van der Waals surface area contributed by atoms with Crippen molar-refractivity contribution in [2.24, 2.45) is 0 Å². The number of hydrogen-bond donors (Lipinski definition) is 1. The van der Waals surface area contributed by atoms with Crippen LogP contribution in [0.25, 0.3) is 0 Å². The number of urea groups is 1. The Morgan fingerprint density at radius 1 is 1.24 bits per heavy atom. The van der Waals surface area contributed by atoms with E-state index in [-0.39, 0.29) is 18.5 Å². The zero-order valence-electron chi connectivity index (χ0n) is 14.6. The molecule has 0 unspecified atom stereocenters. The summed E-state index contributed by atoms with van der Waals surface area (Å²) < 4.78 is 11.9. The van der Waals surface area contributed by atoms with Gasteiger partial charge in [-0.05, 0) is 25.0 Å². The van der Waals surface area contributed by atoms with Crippen LogP contribution in [0.1, 0.15) is 39.5 Å². The Morgan fingerprint density at radius 2 is 1.96 bits per heavy atom. The largest absolute Gasteiger partial charge is 0.448 e. The third-order valence-corrected chi connectivity index (χ3v) is 5.11. The molecule has 1 aromatic rings. The first kappa shape index (κ1) is 16.1. The second-order valence-electron chi connectivity index (χ2n) is 6.85. The number of anilines is 1. The third kappa shape index (κ3) is 2.88. The summed E-state index contributed by atoms with van der Waals surface area (Å²) in [5.74, 6) is 0.743. The van der Waals surface area contributed by atoms with Crippen molar-refractivity contribution >= 4 is 17.6 Å². The minimum atomic E-state index is -0.614. The fourth-order valence-electron chi connectivity index (χ4n) is 3.32. The van der Waals surface area contributed by atoms with Gasteiger partial charge in [-0.3, -0.25) is 9.69 Å². The van der Waals surface area contributed by atoms with Crippen molar-refractivity contribution in [2.45, 2.75) is 51.4 Å². The van der Waals surface area contributed by atoms with E-state index in [4.69, 9.17) is 9.47 Å². The van der Waals surface area contributed by atoms with E-state index in [0.29, 0.717) is 29.9 Å². The predicted octanol–water partition coefficient (Wildman–Crippen LogP) is 2.77. The number of fused-ring (bicyclic) bond motifs is 1. The zero-order chi connectivity index (χ0) is 17.6. The first-order chi connectivity index (χ1) is 12.0. The fraction of sp³-hybridized carbons (Fsp3) is 0.556. The van der Waals surface area contributed by atoms with Gasteiger partial charge in [0.05, 0.1) is 6.67 Å². The summed E-state index contributed by atoms with van der Waals surface area (Å²) in [5, 5.41) is 2.85. The Balaban J connectivity index is 1.42. The lowest BCUT2D eigenvalue weighted by molar-refractivity contribution is -0.127. The first-order valence-electron chi connectivity index (χ1n) is 8.91. The number of hydrogen-bond acceptors (Lipinski definition) is 4. The number of rotatable bonds is 4. The highest BCUT2D eigenvalue weighted by Crippen LogP contribution is 2.43. The summed E-state index contributed by atoms with van der Waals surface area (Å²) in [7, 11) is 0. The number of carbonyl (C=O) groups is 2. The summed E-state index contributed by atoms with van der Waals surface area (Å²) in [6, 6.07) is 5.43. The molecule has 2 fully saturated rings. The van der Waals surface area contributed by atoms with Crippen molar-refractivity contribution in [1.29, 1.82) is 0 Å². The van der Waals surface area contributed by atoms with Gasteiger partial charge in [-0.1, -0.05) is 13.8 Å². The SMILES string of the molecule is CCC1(CC)Oc2ccc(NC(=O)N3CC(=O)N(C4CC4)C3)cc2O1. The first-order valence-corrected chi connectivity index (χ1v) is 8.91. The Bertz CT molecular complexity index is 712. The van der Waals surface area contributed by atoms with Gasteiger partial charge in [0, 0.05) is 30.6 Å². The van der Waals surface area contributed by atoms with E-state index in [2.05, 4.69) is 5.32 Å². The highest BCUT2D eigenvalue weighted by Gasteiger charge is 2.40. The molecule has 134 valence electrons. The summed E-state index contributed by atoms with van der Waals surface area (Å²) in [6.07, 6.45) is 3.57. The lowest BCUT2D eigenvalue weighted by Gasteiger charge is -2.24. The molecule has 0 aromatic heterocycles. The van der Waals surface area contributed by atoms with Gasteiger partial charge in [0.25, 0.3) is 5.79 Å². The zero-order valence-corrected chi connectivity index (χ0v) is 14.6. The van der Waals surface area contributed by atoms with E-state index in [9.17, 15) is 9.59 Å². The summed E-state index contributed by atoms with van der Waals surface area (Å²) in [4.78, 5) is 27.8. The van der Waals surface area contributed by atoms with E-state index in [0.717, 1.165) is 25.7 Å². The Hall–Kier alpha value is -2.44. The molecule has 2 heterocycles.